The van der Waals surface area contributed by atoms with Crippen LogP contribution in [0.1, 0.15) is 39.5 Å². The van der Waals surface area contributed by atoms with Gasteiger partial charge in [-0.25, -0.2) is 17.6 Å². The summed E-state index contributed by atoms with van der Waals surface area (Å²) < 4.78 is 40.0. The van der Waals surface area contributed by atoms with Crippen LogP contribution in [0.4, 0.5) is 4.39 Å². The Hall–Kier alpha value is -2.00. The van der Waals surface area contributed by atoms with Gasteiger partial charge in [0.15, 0.2) is 0 Å². The molecule has 7 nitrogen and oxygen atoms in total. The SMILES string of the molecule is CC(C)C[C@H](NC(=O)[C@H]1CCCCN1S(=O)(=O)c1ccc(F)cc1)C(=O)O. The third-order valence-electron chi connectivity index (χ3n) is 4.50. The van der Waals surface area contributed by atoms with Crippen molar-refractivity contribution in [1.29, 1.82) is 0 Å². The third-order valence-corrected chi connectivity index (χ3v) is 6.42. The van der Waals surface area contributed by atoms with Crippen molar-refractivity contribution in [2.75, 3.05) is 6.54 Å². The molecule has 0 aromatic heterocycles. The van der Waals surface area contributed by atoms with E-state index in [1.54, 1.807) is 0 Å². The summed E-state index contributed by atoms with van der Waals surface area (Å²) in [6.45, 7) is 3.84. The van der Waals surface area contributed by atoms with Gasteiger partial charge in [0.1, 0.15) is 17.9 Å². The molecular formula is C18H25FN2O5S. The van der Waals surface area contributed by atoms with E-state index in [1.807, 2.05) is 13.8 Å². The molecule has 1 amide bonds. The van der Waals surface area contributed by atoms with Gasteiger partial charge in [0, 0.05) is 6.54 Å². The highest BCUT2D eigenvalue weighted by Gasteiger charge is 2.38. The fourth-order valence-corrected chi connectivity index (χ4v) is 4.81. The van der Waals surface area contributed by atoms with Crippen LogP contribution in [0.2, 0.25) is 0 Å². The second-order valence-corrected chi connectivity index (χ2v) is 9.00. The van der Waals surface area contributed by atoms with Crippen molar-refractivity contribution in [3.8, 4) is 0 Å². The molecule has 0 unspecified atom stereocenters. The number of hydrogen-bond donors (Lipinski definition) is 2. The average Bonchev–Trinajstić information content (AvgIpc) is 2.61. The molecule has 9 heteroatoms. The summed E-state index contributed by atoms with van der Waals surface area (Å²) in [7, 11) is -3.99. The zero-order valence-electron chi connectivity index (χ0n) is 15.4. The average molecular weight is 400 g/mol. The van der Waals surface area contributed by atoms with Crippen molar-refractivity contribution < 1.29 is 27.5 Å². The van der Waals surface area contributed by atoms with E-state index in [-0.39, 0.29) is 23.8 Å². The van der Waals surface area contributed by atoms with Gasteiger partial charge in [-0.05, 0) is 49.4 Å². The first kappa shape index (κ1) is 21.3. The molecule has 2 rings (SSSR count). The quantitative estimate of drug-likeness (QED) is 0.728. The lowest BCUT2D eigenvalue weighted by Gasteiger charge is -2.34. The van der Waals surface area contributed by atoms with Crippen LogP contribution in [0.5, 0.6) is 0 Å². The standard InChI is InChI=1S/C18H25FN2O5S/c1-12(2)11-15(18(23)24)20-17(22)16-5-3-4-10-21(16)27(25,26)14-8-6-13(19)7-9-14/h6-9,12,15-16H,3-5,10-11H2,1-2H3,(H,20,22)(H,23,24)/t15-,16+/m0/s1. The maximum absolute atomic E-state index is 13.1. The largest absolute Gasteiger partial charge is 0.480 e. The fourth-order valence-electron chi connectivity index (χ4n) is 3.16. The van der Waals surface area contributed by atoms with Gasteiger partial charge in [0.05, 0.1) is 4.90 Å². The molecule has 0 spiro atoms. The zero-order valence-corrected chi connectivity index (χ0v) is 16.2. The normalized spacial score (nSPS) is 19.6. The predicted octanol–water partition coefficient (Wildman–Crippen LogP) is 1.98. The molecule has 1 aliphatic rings. The molecule has 0 radical (unpaired) electrons. The van der Waals surface area contributed by atoms with E-state index in [9.17, 15) is 27.5 Å². The van der Waals surface area contributed by atoms with Crippen LogP contribution in [-0.4, -0.2) is 48.3 Å². The Morgan fingerprint density at radius 2 is 1.89 bits per heavy atom. The summed E-state index contributed by atoms with van der Waals surface area (Å²) in [5.74, 6) is -2.27. The highest BCUT2D eigenvalue weighted by Crippen LogP contribution is 2.26. The molecule has 1 saturated heterocycles. The Balaban J connectivity index is 2.24. The smallest absolute Gasteiger partial charge is 0.326 e. The number of sulfonamides is 1. The van der Waals surface area contributed by atoms with Crippen molar-refractivity contribution in [2.45, 2.75) is 56.5 Å². The van der Waals surface area contributed by atoms with Crippen molar-refractivity contribution in [3.05, 3.63) is 30.1 Å². The summed E-state index contributed by atoms with van der Waals surface area (Å²) in [4.78, 5) is 24.0. The molecule has 1 aliphatic heterocycles. The van der Waals surface area contributed by atoms with Gasteiger partial charge in [0.25, 0.3) is 0 Å². The number of carboxylic acid groups (broad SMARTS) is 1. The van der Waals surface area contributed by atoms with Gasteiger partial charge in [0.2, 0.25) is 15.9 Å². The number of benzene rings is 1. The van der Waals surface area contributed by atoms with Gasteiger partial charge < -0.3 is 10.4 Å². The van der Waals surface area contributed by atoms with E-state index in [0.717, 1.165) is 28.6 Å². The second kappa shape index (κ2) is 8.79. The number of aliphatic carboxylic acids is 1. The highest BCUT2D eigenvalue weighted by atomic mass is 32.2. The minimum absolute atomic E-state index is 0.0526. The topological polar surface area (TPSA) is 104 Å². The number of nitrogens with one attached hydrogen (secondary N) is 1. The van der Waals surface area contributed by atoms with Crippen LogP contribution in [0, 0.1) is 11.7 Å². The molecule has 1 fully saturated rings. The van der Waals surface area contributed by atoms with Crippen LogP contribution >= 0.6 is 0 Å². The summed E-state index contributed by atoms with van der Waals surface area (Å²) in [6.07, 6.45) is 1.81. The van der Waals surface area contributed by atoms with Crippen molar-refractivity contribution in [1.82, 2.24) is 9.62 Å². The van der Waals surface area contributed by atoms with Crippen LogP contribution < -0.4 is 5.32 Å². The maximum atomic E-state index is 13.1. The fraction of sp³-hybridized carbons (Fsp3) is 0.556. The Kier molecular flexibility index (Phi) is 6.94. The molecule has 0 saturated carbocycles. The van der Waals surface area contributed by atoms with E-state index < -0.39 is 39.8 Å². The Morgan fingerprint density at radius 1 is 1.26 bits per heavy atom. The van der Waals surface area contributed by atoms with E-state index in [0.29, 0.717) is 19.3 Å². The summed E-state index contributed by atoms with van der Waals surface area (Å²) in [5.41, 5.74) is 0. The number of carboxylic acids is 1. The monoisotopic (exact) mass is 400 g/mol. The van der Waals surface area contributed by atoms with Crippen molar-refractivity contribution in [2.24, 2.45) is 5.92 Å². The second-order valence-electron chi connectivity index (χ2n) is 7.11. The lowest BCUT2D eigenvalue weighted by molar-refractivity contribution is -0.143. The molecule has 27 heavy (non-hydrogen) atoms. The first-order valence-electron chi connectivity index (χ1n) is 8.93. The Labute approximate surface area is 158 Å². The minimum atomic E-state index is -3.99. The zero-order chi connectivity index (χ0) is 20.2. The molecule has 150 valence electrons. The van der Waals surface area contributed by atoms with Crippen molar-refractivity contribution in [3.63, 3.8) is 0 Å². The first-order valence-corrected chi connectivity index (χ1v) is 10.4. The van der Waals surface area contributed by atoms with E-state index in [2.05, 4.69) is 5.32 Å². The molecule has 2 atom stereocenters. The van der Waals surface area contributed by atoms with Crippen molar-refractivity contribution >= 4 is 21.9 Å². The maximum Gasteiger partial charge on any atom is 0.326 e. The number of amides is 1. The lowest BCUT2D eigenvalue weighted by atomic mass is 10.0. The molecule has 1 heterocycles. The number of carbonyl (C=O) groups excluding carboxylic acids is 1. The van der Waals surface area contributed by atoms with Gasteiger partial charge in [-0.2, -0.15) is 4.31 Å². The Morgan fingerprint density at radius 3 is 2.44 bits per heavy atom. The molecular weight excluding hydrogens is 375 g/mol. The Bertz CT molecular complexity index is 779. The summed E-state index contributed by atoms with van der Waals surface area (Å²) in [5, 5.41) is 11.8. The number of nitrogens with zero attached hydrogens (tertiary/aromatic N) is 1. The van der Waals surface area contributed by atoms with Gasteiger partial charge >= 0.3 is 5.97 Å². The van der Waals surface area contributed by atoms with Gasteiger partial charge in [-0.3, -0.25) is 4.79 Å². The number of piperidine rings is 1. The number of carbonyl (C=O) groups is 2. The van der Waals surface area contributed by atoms with E-state index in [4.69, 9.17) is 0 Å². The number of rotatable bonds is 7. The third kappa shape index (κ3) is 5.26. The molecule has 1 aromatic rings. The van der Waals surface area contributed by atoms with Crippen LogP contribution in [0.25, 0.3) is 0 Å². The number of hydrogen-bond acceptors (Lipinski definition) is 4. The van der Waals surface area contributed by atoms with Crippen LogP contribution in [0.15, 0.2) is 29.2 Å². The number of halogens is 1. The molecule has 0 aliphatic carbocycles. The van der Waals surface area contributed by atoms with Gasteiger partial charge in [-0.1, -0.05) is 20.3 Å². The van der Waals surface area contributed by atoms with Crippen LogP contribution in [-0.2, 0) is 19.6 Å². The predicted molar refractivity (Wildman–Crippen MR) is 97.0 cm³/mol. The molecule has 2 N–H and O–H groups in total. The van der Waals surface area contributed by atoms with E-state index in [1.165, 1.54) is 0 Å². The summed E-state index contributed by atoms with van der Waals surface area (Å²) in [6, 6.07) is 2.36. The molecule has 1 aromatic carbocycles. The van der Waals surface area contributed by atoms with Crippen LogP contribution in [0.3, 0.4) is 0 Å². The molecule has 0 bridgehead atoms. The highest BCUT2D eigenvalue weighted by molar-refractivity contribution is 7.89. The summed E-state index contributed by atoms with van der Waals surface area (Å²) >= 11 is 0. The first-order chi connectivity index (χ1) is 12.6. The minimum Gasteiger partial charge on any atom is -0.480 e. The lowest BCUT2D eigenvalue weighted by Crippen LogP contribution is -2.55. The van der Waals surface area contributed by atoms with E-state index >= 15 is 0 Å². The van der Waals surface area contributed by atoms with Gasteiger partial charge in [-0.15, -0.1) is 0 Å².